The van der Waals surface area contributed by atoms with Gasteiger partial charge in [0.25, 0.3) is 0 Å². The molecule has 5 heterocycles. The number of hydrogen-bond donors (Lipinski definition) is 2. The molecule has 2 aliphatic heterocycles. The molecule has 2 saturated heterocycles. The van der Waals surface area contributed by atoms with E-state index in [1.165, 1.54) is 12.8 Å². The number of nitrogens with zero attached hydrogens (tertiary/aromatic N) is 6. The molecular weight excluding hydrogens is 378 g/mol. The molecule has 3 aromatic heterocycles. The summed E-state index contributed by atoms with van der Waals surface area (Å²) < 4.78 is 3.92. The van der Waals surface area contributed by atoms with Gasteiger partial charge < -0.3 is 15.0 Å². The Hall–Kier alpha value is -3.26. The van der Waals surface area contributed by atoms with Gasteiger partial charge in [0.2, 0.25) is 0 Å². The molecule has 152 valence electrons. The first-order valence-electron chi connectivity index (χ1n) is 10.4. The molecular formula is C22H23N7O. The monoisotopic (exact) mass is 401 g/mol. The number of phenolic OH excluding ortho intramolecular Hbond substituents is 1. The van der Waals surface area contributed by atoms with Gasteiger partial charge in [-0.1, -0.05) is 6.07 Å². The zero-order valence-electron chi connectivity index (χ0n) is 16.7. The van der Waals surface area contributed by atoms with Crippen LogP contribution in [-0.2, 0) is 7.05 Å². The van der Waals surface area contributed by atoms with E-state index < -0.39 is 0 Å². The van der Waals surface area contributed by atoms with Crippen LogP contribution in [0.1, 0.15) is 31.7 Å². The van der Waals surface area contributed by atoms with E-state index in [1.54, 1.807) is 16.9 Å². The van der Waals surface area contributed by atoms with Crippen LogP contribution in [-0.4, -0.2) is 46.7 Å². The average Bonchev–Trinajstić information content (AvgIpc) is 3.45. The van der Waals surface area contributed by atoms with Crippen molar-refractivity contribution in [1.29, 1.82) is 0 Å². The molecule has 0 radical (unpaired) electrons. The van der Waals surface area contributed by atoms with E-state index in [4.69, 9.17) is 0 Å². The summed E-state index contributed by atoms with van der Waals surface area (Å²) in [5, 5.41) is 27.4. The van der Waals surface area contributed by atoms with Crippen LogP contribution in [0.15, 0.2) is 43.0 Å². The third kappa shape index (κ3) is 2.87. The van der Waals surface area contributed by atoms with Gasteiger partial charge in [-0.2, -0.15) is 5.10 Å². The molecule has 8 heteroatoms. The van der Waals surface area contributed by atoms with Gasteiger partial charge in [-0.15, -0.1) is 10.2 Å². The van der Waals surface area contributed by atoms with Gasteiger partial charge in [-0.3, -0.25) is 4.68 Å². The lowest BCUT2D eigenvalue weighted by molar-refractivity contribution is 0.302. The minimum atomic E-state index is 0.166. The molecule has 0 aliphatic carbocycles. The van der Waals surface area contributed by atoms with Gasteiger partial charge in [-0.25, -0.2) is 4.98 Å². The maximum atomic E-state index is 10.6. The van der Waals surface area contributed by atoms with E-state index in [0.29, 0.717) is 29.4 Å². The first-order valence-corrected chi connectivity index (χ1v) is 10.4. The Bertz CT molecular complexity index is 1230. The number of phenols is 1. The van der Waals surface area contributed by atoms with Gasteiger partial charge in [0.1, 0.15) is 11.3 Å². The van der Waals surface area contributed by atoms with Crippen molar-refractivity contribution in [3.8, 4) is 28.1 Å². The zero-order chi connectivity index (χ0) is 20.2. The van der Waals surface area contributed by atoms with Crippen LogP contribution in [0.5, 0.6) is 5.75 Å². The minimum Gasteiger partial charge on any atom is -0.507 e. The molecule has 1 aromatic carbocycles. The number of aryl methyl sites for hydroxylation is 1. The molecule has 0 saturated carbocycles. The second-order valence-electron chi connectivity index (χ2n) is 8.49. The van der Waals surface area contributed by atoms with Crippen LogP contribution in [0.4, 0.5) is 0 Å². The molecule has 3 atom stereocenters. The quantitative estimate of drug-likeness (QED) is 0.548. The zero-order valence-corrected chi connectivity index (χ0v) is 16.7. The summed E-state index contributed by atoms with van der Waals surface area (Å²) in [6.07, 6.45) is 10.3. The van der Waals surface area contributed by atoms with Crippen molar-refractivity contribution in [2.75, 3.05) is 0 Å². The van der Waals surface area contributed by atoms with Gasteiger partial charge in [-0.05, 0) is 49.4 Å². The van der Waals surface area contributed by atoms with Crippen molar-refractivity contribution in [1.82, 2.24) is 34.8 Å². The largest absolute Gasteiger partial charge is 0.507 e. The van der Waals surface area contributed by atoms with Gasteiger partial charge in [0.05, 0.1) is 18.2 Å². The normalized spacial score (nSPS) is 23.3. The fourth-order valence-corrected chi connectivity index (χ4v) is 4.98. The molecule has 0 unspecified atom stereocenters. The molecule has 6 rings (SSSR count). The molecule has 2 bridgehead atoms. The number of aromatic hydroxyl groups is 1. The Morgan fingerprint density at radius 1 is 1.07 bits per heavy atom. The first kappa shape index (κ1) is 17.6. The molecule has 30 heavy (non-hydrogen) atoms. The molecule has 2 N–H and O–H groups in total. The van der Waals surface area contributed by atoms with E-state index in [9.17, 15) is 5.11 Å². The fraction of sp³-hybridized carbons (Fsp3) is 0.364. The summed E-state index contributed by atoms with van der Waals surface area (Å²) in [5.41, 5.74) is 4.75. The summed E-state index contributed by atoms with van der Waals surface area (Å²) in [6, 6.07) is 9.11. The van der Waals surface area contributed by atoms with Crippen molar-refractivity contribution >= 4 is 11.2 Å². The highest BCUT2D eigenvalue weighted by atomic mass is 16.3. The molecule has 2 fully saturated rings. The lowest BCUT2D eigenvalue weighted by Crippen LogP contribution is -2.38. The number of aromatic nitrogens is 6. The second-order valence-corrected chi connectivity index (χ2v) is 8.49. The first-order chi connectivity index (χ1) is 14.6. The summed E-state index contributed by atoms with van der Waals surface area (Å²) in [5.74, 6) is 0.166. The molecule has 0 spiro atoms. The lowest BCUT2D eigenvalue weighted by Gasteiger charge is -2.29. The smallest absolute Gasteiger partial charge is 0.182 e. The standard InChI is InChI=1S/C22H23N7O/c1-28-11-14(10-24-28)13-2-5-18(21(30)6-13)19-9-20-22(27-26-19)29(12-23-20)17-7-15-3-4-16(8-17)25-15/h2,5-6,9-12,15-17,25,30H,3-4,7-8H2,1H3/t15-,16+,17-. The van der Waals surface area contributed by atoms with E-state index in [-0.39, 0.29) is 5.75 Å². The van der Waals surface area contributed by atoms with E-state index in [1.807, 2.05) is 37.8 Å². The summed E-state index contributed by atoms with van der Waals surface area (Å²) >= 11 is 0. The number of imidazole rings is 1. The third-order valence-corrected chi connectivity index (χ3v) is 6.47. The number of fused-ring (bicyclic) bond motifs is 3. The summed E-state index contributed by atoms with van der Waals surface area (Å²) in [7, 11) is 1.87. The fourth-order valence-electron chi connectivity index (χ4n) is 4.98. The van der Waals surface area contributed by atoms with Gasteiger partial charge in [0.15, 0.2) is 5.65 Å². The number of piperidine rings is 1. The molecule has 2 aliphatic rings. The number of hydrogen-bond acceptors (Lipinski definition) is 6. The minimum absolute atomic E-state index is 0.166. The van der Waals surface area contributed by atoms with Crippen molar-refractivity contribution in [3.63, 3.8) is 0 Å². The maximum absolute atomic E-state index is 10.6. The molecule has 8 nitrogen and oxygen atoms in total. The van der Waals surface area contributed by atoms with Gasteiger partial charge in [0, 0.05) is 42.5 Å². The highest BCUT2D eigenvalue weighted by Crippen LogP contribution is 2.36. The SMILES string of the molecule is Cn1cc(-c2ccc(-c3cc4ncn([C@@H]5C[C@H]6CC[C@@H](C5)N6)c4nn3)c(O)c2)cn1. The van der Waals surface area contributed by atoms with Crippen LogP contribution in [0.25, 0.3) is 33.5 Å². The van der Waals surface area contributed by atoms with Crippen LogP contribution >= 0.6 is 0 Å². The Morgan fingerprint density at radius 3 is 2.63 bits per heavy atom. The van der Waals surface area contributed by atoms with Crippen LogP contribution in [0.2, 0.25) is 0 Å². The maximum Gasteiger partial charge on any atom is 0.182 e. The summed E-state index contributed by atoms with van der Waals surface area (Å²) in [4.78, 5) is 4.60. The predicted molar refractivity (Wildman–Crippen MR) is 113 cm³/mol. The highest BCUT2D eigenvalue weighted by Gasteiger charge is 2.34. The average molecular weight is 401 g/mol. The number of rotatable bonds is 3. The Kier molecular flexibility index (Phi) is 3.89. The van der Waals surface area contributed by atoms with Crippen LogP contribution in [0, 0.1) is 0 Å². The Labute approximate surface area is 173 Å². The Morgan fingerprint density at radius 2 is 1.90 bits per heavy atom. The Balaban J connectivity index is 1.33. The van der Waals surface area contributed by atoms with Crippen LogP contribution < -0.4 is 5.32 Å². The predicted octanol–water partition coefficient (Wildman–Crippen LogP) is 3.05. The van der Waals surface area contributed by atoms with E-state index >= 15 is 0 Å². The number of benzene rings is 1. The van der Waals surface area contributed by atoms with Crippen molar-refractivity contribution in [2.24, 2.45) is 7.05 Å². The highest BCUT2D eigenvalue weighted by molar-refractivity contribution is 5.79. The van der Waals surface area contributed by atoms with Gasteiger partial charge >= 0.3 is 0 Å². The van der Waals surface area contributed by atoms with Crippen molar-refractivity contribution in [2.45, 2.75) is 43.8 Å². The third-order valence-electron chi connectivity index (χ3n) is 6.47. The second kappa shape index (κ2) is 6.63. The molecule has 0 amide bonds. The van der Waals surface area contributed by atoms with Crippen molar-refractivity contribution < 1.29 is 5.11 Å². The molecule has 4 aromatic rings. The topological polar surface area (TPSA) is 93.7 Å². The van der Waals surface area contributed by atoms with E-state index in [0.717, 1.165) is 35.1 Å². The number of nitrogens with one attached hydrogen (secondary N) is 1. The lowest BCUT2D eigenvalue weighted by atomic mass is 10.00. The van der Waals surface area contributed by atoms with Crippen molar-refractivity contribution in [3.05, 3.63) is 43.0 Å². The van der Waals surface area contributed by atoms with Crippen LogP contribution in [0.3, 0.4) is 0 Å². The van der Waals surface area contributed by atoms with E-state index in [2.05, 4.69) is 30.2 Å². The summed E-state index contributed by atoms with van der Waals surface area (Å²) in [6.45, 7) is 0.